The van der Waals surface area contributed by atoms with Crippen LogP contribution in [-0.4, -0.2) is 5.16 Å². The van der Waals surface area contributed by atoms with Crippen molar-refractivity contribution in [2.24, 2.45) is 0 Å². The topological polar surface area (TPSA) is 52.0 Å². The molecule has 0 aliphatic carbocycles. The lowest BCUT2D eigenvalue weighted by Gasteiger charge is -2.00. The maximum atomic E-state index is 12.8. The smallest absolute Gasteiger partial charge is 0.225 e. The molecule has 0 aliphatic rings. The Morgan fingerprint density at radius 3 is 2.62 bits per heavy atom. The third-order valence-electron chi connectivity index (χ3n) is 2.44. The van der Waals surface area contributed by atoms with Crippen LogP contribution >= 0.6 is 0 Å². The molecule has 16 heavy (non-hydrogen) atoms. The van der Waals surface area contributed by atoms with Gasteiger partial charge in [0.1, 0.15) is 11.5 Å². The Hall–Kier alpha value is -1.84. The molecule has 0 radical (unpaired) electrons. The molecule has 0 saturated heterocycles. The fourth-order valence-corrected chi connectivity index (χ4v) is 1.65. The van der Waals surface area contributed by atoms with Crippen LogP contribution in [0, 0.1) is 5.82 Å². The van der Waals surface area contributed by atoms with E-state index in [1.807, 2.05) is 0 Å². The number of anilines is 1. The Morgan fingerprint density at radius 1 is 1.31 bits per heavy atom. The van der Waals surface area contributed by atoms with Crippen LogP contribution in [-0.2, 0) is 6.42 Å². The Bertz CT molecular complexity index is 476. The summed E-state index contributed by atoms with van der Waals surface area (Å²) in [5, 5.41) is 3.91. The highest BCUT2D eigenvalue weighted by Gasteiger charge is 2.14. The molecule has 4 heteroatoms. The van der Waals surface area contributed by atoms with Crippen LogP contribution in [0.2, 0.25) is 0 Å². The van der Waals surface area contributed by atoms with E-state index in [9.17, 15) is 4.39 Å². The van der Waals surface area contributed by atoms with Gasteiger partial charge in [0.05, 0.1) is 0 Å². The second-order valence-corrected chi connectivity index (χ2v) is 3.63. The molecule has 0 amide bonds. The van der Waals surface area contributed by atoms with Crippen LogP contribution in [0.3, 0.4) is 0 Å². The van der Waals surface area contributed by atoms with Gasteiger partial charge in [-0.1, -0.05) is 18.5 Å². The number of nitrogen functional groups attached to an aromatic ring is 1. The lowest BCUT2D eigenvalue weighted by atomic mass is 10.0. The van der Waals surface area contributed by atoms with E-state index in [1.54, 1.807) is 12.1 Å². The molecule has 0 fully saturated rings. The molecule has 84 valence electrons. The minimum atomic E-state index is -0.266. The van der Waals surface area contributed by atoms with Crippen molar-refractivity contribution in [1.82, 2.24) is 5.16 Å². The summed E-state index contributed by atoms with van der Waals surface area (Å²) in [5.41, 5.74) is 8.12. The summed E-state index contributed by atoms with van der Waals surface area (Å²) in [6.07, 6.45) is 1.77. The average Bonchev–Trinajstić information content (AvgIpc) is 2.63. The van der Waals surface area contributed by atoms with Gasteiger partial charge in [0.2, 0.25) is 5.88 Å². The van der Waals surface area contributed by atoms with Crippen LogP contribution in [0.15, 0.2) is 28.8 Å². The summed E-state index contributed by atoms with van der Waals surface area (Å²) in [6.45, 7) is 2.06. The van der Waals surface area contributed by atoms with Crippen LogP contribution < -0.4 is 5.73 Å². The molecule has 1 aromatic heterocycles. The number of rotatable bonds is 3. The molecule has 0 saturated carbocycles. The summed E-state index contributed by atoms with van der Waals surface area (Å²) < 4.78 is 17.8. The maximum absolute atomic E-state index is 12.8. The van der Waals surface area contributed by atoms with Crippen LogP contribution in [0.25, 0.3) is 11.3 Å². The minimum Gasteiger partial charge on any atom is -0.367 e. The zero-order valence-electron chi connectivity index (χ0n) is 9.03. The van der Waals surface area contributed by atoms with Gasteiger partial charge in [-0.05, 0) is 30.7 Å². The van der Waals surface area contributed by atoms with Crippen LogP contribution in [0.1, 0.15) is 18.9 Å². The molecule has 0 bridgehead atoms. The zero-order chi connectivity index (χ0) is 11.5. The van der Waals surface area contributed by atoms with Crippen molar-refractivity contribution in [3.63, 3.8) is 0 Å². The van der Waals surface area contributed by atoms with Crippen molar-refractivity contribution in [2.75, 3.05) is 5.73 Å². The molecule has 3 nitrogen and oxygen atoms in total. The third-order valence-corrected chi connectivity index (χ3v) is 2.44. The van der Waals surface area contributed by atoms with E-state index in [-0.39, 0.29) is 5.82 Å². The molecule has 0 atom stereocenters. The zero-order valence-corrected chi connectivity index (χ0v) is 9.03. The fourth-order valence-electron chi connectivity index (χ4n) is 1.65. The molecule has 1 heterocycles. The van der Waals surface area contributed by atoms with Crippen molar-refractivity contribution in [3.8, 4) is 11.3 Å². The summed E-state index contributed by atoms with van der Waals surface area (Å²) in [4.78, 5) is 0. The number of benzene rings is 1. The molecule has 0 aliphatic heterocycles. The highest BCUT2D eigenvalue weighted by molar-refractivity contribution is 5.66. The average molecular weight is 220 g/mol. The van der Waals surface area contributed by atoms with Gasteiger partial charge in [0.15, 0.2) is 0 Å². The van der Waals surface area contributed by atoms with Gasteiger partial charge in [0, 0.05) is 11.1 Å². The lowest BCUT2D eigenvalue weighted by molar-refractivity contribution is 0.438. The molecular formula is C12H13FN2O. The first-order valence-electron chi connectivity index (χ1n) is 5.22. The predicted octanol–water partition coefficient (Wildman–Crippen LogP) is 3.02. The van der Waals surface area contributed by atoms with Gasteiger partial charge in [-0.25, -0.2) is 4.39 Å². The van der Waals surface area contributed by atoms with E-state index in [0.717, 1.165) is 24.0 Å². The lowest BCUT2D eigenvalue weighted by Crippen LogP contribution is -1.91. The largest absolute Gasteiger partial charge is 0.367 e. The number of aromatic nitrogens is 1. The van der Waals surface area contributed by atoms with Crippen molar-refractivity contribution < 1.29 is 8.91 Å². The number of nitrogens with two attached hydrogens (primary N) is 1. The van der Waals surface area contributed by atoms with E-state index in [1.165, 1.54) is 12.1 Å². The summed E-state index contributed by atoms with van der Waals surface area (Å²) in [6, 6.07) is 6.14. The summed E-state index contributed by atoms with van der Waals surface area (Å²) in [5.74, 6) is 0.0819. The molecule has 0 spiro atoms. The Morgan fingerprint density at radius 2 is 2.00 bits per heavy atom. The molecule has 2 rings (SSSR count). The second kappa shape index (κ2) is 4.35. The SMILES string of the molecule is CCCc1c(-c2ccc(F)cc2)noc1N. The highest BCUT2D eigenvalue weighted by atomic mass is 19.1. The molecule has 2 aromatic rings. The van der Waals surface area contributed by atoms with E-state index >= 15 is 0 Å². The van der Waals surface area contributed by atoms with Crippen molar-refractivity contribution in [3.05, 3.63) is 35.6 Å². The third kappa shape index (κ3) is 1.91. The number of halogens is 1. The summed E-state index contributed by atoms with van der Waals surface area (Å²) in [7, 11) is 0. The molecule has 1 aromatic carbocycles. The number of nitrogens with zero attached hydrogens (tertiary/aromatic N) is 1. The monoisotopic (exact) mass is 220 g/mol. The predicted molar refractivity (Wildman–Crippen MR) is 60.3 cm³/mol. The van der Waals surface area contributed by atoms with Gasteiger partial charge in [-0.3, -0.25) is 0 Å². The first-order valence-corrected chi connectivity index (χ1v) is 5.22. The Kier molecular flexibility index (Phi) is 2.90. The highest BCUT2D eigenvalue weighted by Crippen LogP contribution is 2.28. The van der Waals surface area contributed by atoms with E-state index in [0.29, 0.717) is 11.6 Å². The minimum absolute atomic E-state index is 0.266. The van der Waals surface area contributed by atoms with E-state index in [2.05, 4.69) is 12.1 Å². The van der Waals surface area contributed by atoms with Gasteiger partial charge in [-0.15, -0.1) is 0 Å². The second-order valence-electron chi connectivity index (χ2n) is 3.63. The van der Waals surface area contributed by atoms with E-state index in [4.69, 9.17) is 10.3 Å². The summed E-state index contributed by atoms with van der Waals surface area (Å²) >= 11 is 0. The van der Waals surface area contributed by atoms with E-state index < -0.39 is 0 Å². The Balaban J connectivity index is 2.43. The standard InChI is InChI=1S/C12H13FN2O/c1-2-3-10-11(15-16-12(10)14)8-4-6-9(13)7-5-8/h4-7H,2-3,14H2,1H3. The number of hydrogen-bond acceptors (Lipinski definition) is 3. The maximum Gasteiger partial charge on any atom is 0.225 e. The molecular weight excluding hydrogens is 207 g/mol. The quantitative estimate of drug-likeness (QED) is 0.865. The van der Waals surface area contributed by atoms with Gasteiger partial charge >= 0.3 is 0 Å². The van der Waals surface area contributed by atoms with Gasteiger partial charge < -0.3 is 10.3 Å². The van der Waals surface area contributed by atoms with Crippen molar-refractivity contribution in [2.45, 2.75) is 19.8 Å². The number of hydrogen-bond donors (Lipinski definition) is 1. The fraction of sp³-hybridized carbons (Fsp3) is 0.250. The van der Waals surface area contributed by atoms with Crippen molar-refractivity contribution in [1.29, 1.82) is 0 Å². The first kappa shape index (κ1) is 10.7. The first-order chi connectivity index (χ1) is 7.72. The van der Waals surface area contributed by atoms with Gasteiger partial charge in [-0.2, -0.15) is 0 Å². The normalized spacial score (nSPS) is 10.6. The van der Waals surface area contributed by atoms with Crippen molar-refractivity contribution >= 4 is 5.88 Å². The van der Waals surface area contributed by atoms with Gasteiger partial charge in [0.25, 0.3) is 0 Å². The Labute approximate surface area is 93.1 Å². The molecule has 2 N–H and O–H groups in total. The van der Waals surface area contributed by atoms with Crippen LogP contribution in [0.4, 0.5) is 10.3 Å². The molecule has 0 unspecified atom stereocenters. The van der Waals surface area contributed by atoms with Crippen LogP contribution in [0.5, 0.6) is 0 Å².